The van der Waals surface area contributed by atoms with E-state index >= 15 is 0 Å². The molecule has 3 heterocycles. The number of carbonyl (C=O) groups excluding carboxylic acids is 1. The highest BCUT2D eigenvalue weighted by Gasteiger charge is 2.10. The van der Waals surface area contributed by atoms with E-state index in [-0.39, 0.29) is 19.0 Å². The second-order valence-electron chi connectivity index (χ2n) is 6.97. The molecule has 152 valence electrons. The minimum absolute atomic E-state index is 0.103. The summed E-state index contributed by atoms with van der Waals surface area (Å²) in [5.74, 6) is 0.859. The van der Waals surface area contributed by atoms with Gasteiger partial charge in [0.1, 0.15) is 6.33 Å². The van der Waals surface area contributed by atoms with Crippen LogP contribution in [0.5, 0.6) is 0 Å². The molecule has 0 fully saturated rings. The molecule has 9 heteroatoms. The molecule has 0 aliphatic carbocycles. The molecule has 0 spiro atoms. The Kier molecular flexibility index (Phi) is 5.97. The topological polar surface area (TPSA) is 95.9 Å². The zero-order chi connectivity index (χ0) is 20.9. The number of halogens is 1. The van der Waals surface area contributed by atoms with Crippen LogP contribution in [0.25, 0.3) is 17.5 Å². The molecule has 8 nitrogen and oxygen atoms in total. The van der Waals surface area contributed by atoms with E-state index in [1.807, 2.05) is 48.3 Å². The molecule has 30 heavy (non-hydrogen) atoms. The Morgan fingerprint density at radius 2 is 2.00 bits per heavy atom. The monoisotopic (exact) mass is 421 g/mol. The van der Waals surface area contributed by atoms with Gasteiger partial charge in [-0.15, -0.1) is 0 Å². The zero-order valence-electron chi connectivity index (χ0n) is 16.3. The van der Waals surface area contributed by atoms with Gasteiger partial charge >= 0.3 is 0 Å². The van der Waals surface area contributed by atoms with Crippen molar-refractivity contribution in [2.75, 3.05) is 25.5 Å². The highest BCUT2D eigenvalue weighted by Crippen LogP contribution is 2.20. The van der Waals surface area contributed by atoms with E-state index < -0.39 is 0 Å². The van der Waals surface area contributed by atoms with Gasteiger partial charge < -0.3 is 10.6 Å². The number of carbonyl (C=O) groups is 1. The fourth-order valence-electron chi connectivity index (χ4n) is 3.10. The smallest absolute Gasteiger partial charge is 0.234 e. The van der Waals surface area contributed by atoms with Crippen molar-refractivity contribution in [1.82, 2.24) is 30.2 Å². The Labute approximate surface area is 179 Å². The highest BCUT2D eigenvalue weighted by molar-refractivity contribution is 6.31. The summed E-state index contributed by atoms with van der Waals surface area (Å²) >= 11 is 6.30. The maximum Gasteiger partial charge on any atom is 0.234 e. The number of nitrogens with zero attached hydrogens (tertiary/aromatic N) is 5. The molecular weight excluding hydrogens is 402 g/mol. The van der Waals surface area contributed by atoms with Crippen LogP contribution >= 0.6 is 11.6 Å². The summed E-state index contributed by atoms with van der Waals surface area (Å²) in [5, 5.41) is 6.52. The van der Waals surface area contributed by atoms with Crippen LogP contribution < -0.4 is 10.6 Å². The number of hydrogen-bond acceptors (Lipinski definition) is 7. The van der Waals surface area contributed by atoms with E-state index in [9.17, 15) is 4.79 Å². The first-order chi connectivity index (χ1) is 14.5. The van der Waals surface area contributed by atoms with Crippen LogP contribution in [0.15, 0.2) is 54.0 Å². The van der Waals surface area contributed by atoms with Crippen LogP contribution in [-0.2, 0) is 11.3 Å². The molecule has 0 saturated heterocycles. The fraction of sp³-hybridized carbons (Fsp3) is 0.190. The Morgan fingerprint density at radius 1 is 1.10 bits per heavy atom. The van der Waals surface area contributed by atoms with Crippen molar-refractivity contribution in [3.8, 4) is 11.4 Å². The van der Waals surface area contributed by atoms with Crippen molar-refractivity contribution in [1.29, 1.82) is 0 Å². The van der Waals surface area contributed by atoms with E-state index in [1.165, 1.54) is 6.33 Å². The minimum atomic E-state index is -0.103. The molecular formula is C21H20ClN7O. The molecule has 6 bridgehead atoms. The number of aromatic nitrogens is 4. The van der Waals surface area contributed by atoms with Gasteiger partial charge in [-0.2, -0.15) is 4.98 Å². The standard InChI is InChI=1S/C21H20ClN7O/c1-29-11-14-3-2-4-17(7-14)27-21-26-13-25-20(28-21)15-5-6-23-18(8-15)9-16(22)10-24-19(30)12-29/h2-9,13H,10-12H2,1H3,(H,24,30)(H,25,26,27,28)/b16-9-. The van der Waals surface area contributed by atoms with Crippen LogP contribution in [-0.4, -0.2) is 50.9 Å². The molecule has 2 N–H and O–H groups in total. The van der Waals surface area contributed by atoms with Gasteiger partial charge in [-0.05, 0) is 43.0 Å². The van der Waals surface area contributed by atoms with Crippen molar-refractivity contribution >= 4 is 35.2 Å². The maximum atomic E-state index is 12.3. The molecule has 1 amide bonds. The lowest BCUT2D eigenvalue weighted by atomic mass is 10.2. The number of fused-ring (bicyclic) bond motifs is 7. The van der Waals surface area contributed by atoms with Gasteiger partial charge in [0.2, 0.25) is 11.9 Å². The van der Waals surface area contributed by atoms with Crippen molar-refractivity contribution < 1.29 is 4.79 Å². The average molecular weight is 422 g/mol. The van der Waals surface area contributed by atoms with Gasteiger partial charge in [-0.25, -0.2) is 9.97 Å². The average Bonchev–Trinajstić information content (AvgIpc) is 2.72. The first-order valence-electron chi connectivity index (χ1n) is 9.38. The predicted octanol–water partition coefficient (Wildman–Crippen LogP) is 2.82. The second-order valence-corrected chi connectivity index (χ2v) is 7.45. The van der Waals surface area contributed by atoms with Gasteiger partial charge in [-0.3, -0.25) is 14.7 Å². The normalized spacial score (nSPS) is 17.0. The summed E-state index contributed by atoms with van der Waals surface area (Å²) in [5.41, 5.74) is 3.34. The molecule has 1 aliphatic rings. The molecule has 0 atom stereocenters. The van der Waals surface area contributed by atoms with E-state index in [0.29, 0.717) is 29.0 Å². The number of amides is 1. The first-order valence-corrected chi connectivity index (χ1v) is 9.76. The number of rotatable bonds is 0. The van der Waals surface area contributed by atoms with Gasteiger partial charge in [0, 0.05) is 29.0 Å². The zero-order valence-corrected chi connectivity index (χ0v) is 17.1. The number of anilines is 2. The lowest BCUT2D eigenvalue weighted by Gasteiger charge is -2.17. The molecule has 0 unspecified atom stereocenters. The molecule has 1 aromatic carbocycles. The fourth-order valence-corrected chi connectivity index (χ4v) is 3.28. The maximum absolute atomic E-state index is 12.3. The van der Waals surface area contributed by atoms with E-state index in [2.05, 4.69) is 30.6 Å². The SMILES string of the molecule is CN1CC(=O)NC/C(Cl)=C/c2cc(ccn2)-c2ncnc(n2)Nc2cccc(c2)C1. The van der Waals surface area contributed by atoms with Gasteiger partial charge in [0.15, 0.2) is 5.82 Å². The Hall–Kier alpha value is -3.36. The molecule has 1 aliphatic heterocycles. The highest BCUT2D eigenvalue weighted by atomic mass is 35.5. The third kappa shape index (κ3) is 5.16. The number of benzene rings is 1. The quantitative estimate of drug-likeness (QED) is 0.576. The van der Waals surface area contributed by atoms with Gasteiger partial charge in [-0.1, -0.05) is 23.7 Å². The van der Waals surface area contributed by atoms with E-state index in [4.69, 9.17) is 11.6 Å². The van der Waals surface area contributed by atoms with Gasteiger partial charge in [0.05, 0.1) is 18.8 Å². The Balaban J connectivity index is 1.72. The Morgan fingerprint density at radius 3 is 2.90 bits per heavy atom. The minimum Gasteiger partial charge on any atom is -0.350 e. The summed E-state index contributed by atoms with van der Waals surface area (Å²) in [7, 11) is 1.89. The van der Waals surface area contributed by atoms with E-state index in [1.54, 1.807) is 12.3 Å². The predicted molar refractivity (Wildman–Crippen MR) is 116 cm³/mol. The van der Waals surface area contributed by atoms with Crippen molar-refractivity contribution in [3.63, 3.8) is 0 Å². The summed E-state index contributed by atoms with van der Waals surface area (Å²) in [6, 6.07) is 11.6. The third-order valence-electron chi connectivity index (χ3n) is 4.42. The second kappa shape index (κ2) is 8.98. The van der Waals surface area contributed by atoms with Gasteiger partial charge in [0.25, 0.3) is 0 Å². The van der Waals surface area contributed by atoms with Crippen LogP contribution in [0.3, 0.4) is 0 Å². The first kappa shape index (κ1) is 19.9. The number of nitrogens with one attached hydrogen (secondary N) is 2. The summed E-state index contributed by atoms with van der Waals surface area (Å²) in [4.78, 5) is 31.5. The molecule has 4 rings (SSSR count). The van der Waals surface area contributed by atoms with Crippen LogP contribution in [0.2, 0.25) is 0 Å². The summed E-state index contributed by atoms with van der Waals surface area (Å²) < 4.78 is 0. The molecule has 0 radical (unpaired) electrons. The van der Waals surface area contributed by atoms with Crippen LogP contribution in [0, 0.1) is 0 Å². The third-order valence-corrected chi connectivity index (χ3v) is 4.66. The lowest BCUT2D eigenvalue weighted by Crippen LogP contribution is -2.35. The van der Waals surface area contributed by atoms with Crippen LogP contribution in [0.1, 0.15) is 11.3 Å². The van der Waals surface area contributed by atoms with Crippen molar-refractivity contribution in [2.45, 2.75) is 6.54 Å². The lowest BCUT2D eigenvalue weighted by molar-refractivity contribution is -0.121. The molecule has 0 saturated carbocycles. The van der Waals surface area contributed by atoms with E-state index in [0.717, 1.165) is 16.8 Å². The van der Waals surface area contributed by atoms with Crippen molar-refractivity contribution in [2.24, 2.45) is 0 Å². The Bertz CT molecular complexity index is 1100. The largest absolute Gasteiger partial charge is 0.350 e. The number of likely N-dealkylation sites (N-methyl/N-ethyl adjacent to an activating group) is 1. The molecule has 2 aromatic heterocycles. The summed E-state index contributed by atoms with van der Waals surface area (Å²) in [6.45, 7) is 1.10. The number of pyridine rings is 1. The van der Waals surface area contributed by atoms with Crippen molar-refractivity contribution in [3.05, 3.63) is 65.2 Å². The molecule has 3 aromatic rings. The number of hydrogen-bond donors (Lipinski definition) is 2. The summed E-state index contributed by atoms with van der Waals surface area (Å²) in [6.07, 6.45) is 4.85. The van der Waals surface area contributed by atoms with Crippen LogP contribution in [0.4, 0.5) is 11.6 Å².